The Morgan fingerprint density at radius 2 is 2.03 bits per heavy atom. The number of hydrogen-bond acceptors (Lipinski definition) is 5. The van der Waals surface area contributed by atoms with Gasteiger partial charge in [0, 0.05) is 37.1 Å². The van der Waals surface area contributed by atoms with Gasteiger partial charge >= 0.3 is 0 Å². The Labute approximate surface area is 181 Å². The Morgan fingerprint density at radius 3 is 2.74 bits per heavy atom. The zero-order chi connectivity index (χ0) is 22.1. The number of carbonyl (C=O) groups excluding carboxylic acids is 2. The van der Waals surface area contributed by atoms with Crippen molar-refractivity contribution in [3.8, 4) is 0 Å². The Balaban J connectivity index is 1.67. The molecule has 3 aromatic rings. The molecule has 162 valence electrons. The molecule has 0 bridgehead atoms. The maximum atomic E-state index is 12.9. The smallest absolute Gasteiger partial charge is 0.255 e. The van der Waals surface area contributed by atoms with Crippen LogP contribution in [0.3, 0.4) is 0 Å². The molecule has 1 saturated carbocycles. The van der Waals surface area contributed by atoms with E-state index >= 15 is 0 Å². The average molecular weight is 421 g/mol. The van der Waals surface area contributed by atoms with E-state index in [0.29, 0.717) is 29.5 Å². The number of nitrogens with zero attached hydrogens (tertiary/aromatic N) is 4. The summed E-state index contributed by atoms with van der Waals surface area (Å²) in [5.41, 5.74) is 4.55. The molecule has 2 aromatic heterocycles. The van der Waals surface area contributed by atoms with Crippen LogP contribution in [0.15, 0.2) is 30.7 Å². The van der Waals surface area contributed by atoms with Gasteiger partial charge in [0.05, 0.1) is 5.56 Å². The van der Waals surface area contributed by atoms with Crippen LogP contribution in [0, 0.1) is 13.8 Å². The molecule has 0 unspecified atom stereocenters. The van der Waals surface area contributed by atoms with E-state index in [9.17, 15) is 9.59 Å². The van der Waals surface area contributed by atoms with Crippen molar-refractivity contribution in [2.24, 2.45) is 0 Å². The minimum absolute atomic E-state index is 0.0364. The van der Waals surface area contributed by atoms with Crippen molar-refractivity contribution in [1.29, 1.82) is 0 Å². The second kappa shape index (κ2) is 8.37. The van der Waals surface area contributed by atoms with E-state index in [1.165, 1.54) is 6.33 Å². The number of aryl methyl sites for hydroxylation is 2. The van der Waals surface area contributed by atoms with E-state index in [4.69, 9.17) is 0 Å². The second-order valence-electron chi connectivity index (χ2n) is 8.20. The lowest BCUT2D eigenvalue weighted by Gasteiger charge is -2.15. The lowest BCUT2D eigenvalue weighted by Crippen LogP contribution is -2.27. The molecule has 1 fully saturated rings. The summed E-state index contributed by atoms with van der Waals surface area (Å²) in [5.74, 6) is 0.488. The van der Waals surface area contributed by atoms with Crippen molar-refractivity contribution in [2.45, 2.75) is 46.1 Å². The predicted octanol–water partition coefficient (Wildman–Crippen LogP) is 3.46. The minimum atomic E-state index is -0.0657. The summed E-state index contributed by atoms with van der Waals surface area (Å²) in [7, 11) is 1.81. The predicted molar refractivity (Wildman–Crippen MR) is 120 cm³/mol. The zero-order valence-electron chi connectivity index (χ0n) is 18.4. The molecule has 1 aromatic carbocycles. The first-order chi connectivity index (χ1) is 14.9. The minimum Gasteiger partial charge on any atom is -0.349 e. The van der Waals surface area contributed by atoms with Crippen molar-refractivity contribution >= 4 is 28.8 Å². The van der Waals surface area contributed by atoms with Crippen LogP contribution >= 0.6 is 0 Å². The topological polar surface area (TPSA) is 91.6 Å². The summed E-state index contributed by atoms with van der Waals surface area (Å²) < 4.78 is 1.68. The maximum Gasteiger partial charge on any atom is 0.255 e. The molecule has 0 spiro atoms. The van der Waals surface area contributed by atoms with E-state index in [1.807, 2.05) is 39.0 Å². The summed E-state index contributed by atoms with van der Waals surface area (Å²) in [6.07, 6.45) is 6.19. The molecule has 2 heterocycles. The second-order valence-corrected chi connectivity index (χ2v) is 8.20. The highest BCUT2D eigenvalue weighted by Crippen LogP contribution is 2.28. The first kappa shape index (κ1) is 20.8. The molecule has 0 aliphatic heterocycles. The summed E-state index contributed by atoms with van der Waals surface area (Å²) in [4.78, 5) is 31.5. The molecule has 8 heteroatoms. The molecule has 8 nitrogen and oxygen atoms in total. The van der Waals surface area contributed by atoms with E-state index in [2.05, 4.69) is 20.7 Å². The molecule has 1 aliphatic rings. The maximum absolute atomic E-state index is 12.9. The van der Waals surface area contributed by atoms with Gasteiger partial charge in [0.1, 0.15) is 11.8 Å². The SMILES string of the molecule is CCCN(C)C(=O)c1cn2ncnc(Nc3cc(C(=O)NC4CC4)ccc3C)c2c1C. The number of aromatic nitrogens is 3. The fourth-order valence-electron chi connectivity index (χ4n) is 3.63. The number of nitrogens with one attached hydrogen (secondary N) is 2. The van der Waals surface area contributed by atoms with Gasteiger partial charge in [-0.3, -0.25) is 9.59 Å². The summed E-state index contributed by atoms with van der Waals surface area (Å²) in [6.45, 7) is 6.62. The number of fused-ring (bicyclic) bond motifs is 1. The van der Waals surface area contributed by atoms with Crippen molar-refractivity contribution in [3.05, 3.63) is 53.0 Å². The van der Waals surface area contributed by atoms with Gasteiger partial charge in [-0.15, -0.1) is 0 Å². The number of anilines is 2. The highest BCUT2D eigenvalue weighted by Gasteiger charge is 2.24. The number of hydrogen-bond donors (Lipinski definition) is 2. The van der Waals surface area contributed by atoms with Crippen molar-refractivity contribution in [2.75, 3.05) is 18.9 Å². The molecule has 2 N–H and O–H groups in total. The Bertz CT molecular complexity index is 1150. The first-order valence-corrected chi connectivity index (χ1v) is 10.7. The summed E-state index contributed by atoms with van der Waals surface area (Å²) >= 11 is 0. The summed E-state index contributed by atoms with van der Waals surface area (Å²) in [6, 6.07) is 5.89. The quantitative estimate of drug-likeness (QED) is 0.611. The van der Waals surface area contributed by atoms with E-state index in [0.717, 1.165) is 41.6 Å². The van der Waals surface area contributed by atoms with Crippen LogP contribution in [0.25, 0.3) is 5.52 Å². The van der Waals surface area contributed by atoms with Crippen molar-refractivity contribution in [1.82, 2.24) is 24.8 Å². The third kappa shape index (κ3) is 4.23. The lowest BCUT2D eigenvalue weighted by atomic mass is 10.1. The van der Waals surface area contributed by atoms with Gasteiger partial charge in [-0.25, -0.2) is 9.50 Å². The van der Waals surface area contributed by atoms with Crippen LogP contribution in [0.1, 0.15) is 58.0 Å². The van der Waals surface area contributed by atoms with Gasteiger partial charge in [0.2, 0.25) is 0 Å². The van der Waals surface area contributed by atoms with Crippen LogP contribution in [-0.2, 0) is 0 Å². The molecule has 31 heavy (non-hydrogen) atoms. The van der Waals surface area contributed by atoms with Crippen LogP contribution in [0.4, 0.5) is 11.5 Å². The van der Waals surface area contributed by atoms with Crippen LogP contribution < -0.4 is 10.6 Å². The van der Waals surface area contributed by atoms with Gasteiger partial charge in [-0.2, -0.15) is 5.10 Å². The Kier molecular flexibility index (Phi) is 5.63. The van der Waals surface area contributed by atoms with Gasteiger partial charge in [0.15, 0.2) is 5.82 Å². The lowest BCUT2D eigenvalue weighted by molar-refractivity contribution is 0.0794. The molecule has 1 aliphatic carbocycles. The number of carbonyl (C=O) groups is 2. The van der Waals surface area contributed by atoms with Gasteiger partial charge in [-0.1, -0.05) is 13.0 Å². The monoisotopic (exact) mass is 420 g/mol. The molecular weight excluding hydrogens is 392 g/mol. The normalized spacial score (nSPS) is 13.3. The number of rotatable bonds is 7. The molecule has 0 atom stereocenters. The van der Waals surface area contributed by atoms with Gasteiger partial charge in [0.25, 0.3) is 11.8 Å². The fourth-order valence-corrected chi connectivity index (χ4v) is 3.63. The van der Waals surface area contributed by atoms with Crippen LogP contribution in [0.2, 0.25) is 0 Å². The molecule has 0 saturated heterocycles. The third-order valence-electron chi connectivity index (χ3n) is 5.63. The third-order valence-corrected chi connectivity index (χ3v) is 5.63. The first-order valence-electron chi connectivity index (χ1n) is 10.7. The van der Waals surface area contributed by atoms with Gasteiger partial charge < -0.3 is 15.5 Å². The highest BCUT2D eigenvalue weighted by molar-refractivity contribution is 5.99. The average Bonchev–Trinajstić information content (AvgIpc) is 3.50. The van der Waals surface area contributed by atoms with Crippen LogP contribution in [0.5, 0.6) is 0 Å². The summed E-state index contributed by atoms with van der Waals surface area (Å²) in [5, 5.41) is 10.7. The van der Waals surface area contributed by atoms with Gasteiger partial charge in [-0.05, 0) is 56.4 Å². The Hall–Kier alpha value is -3.42. The highest BCUT2D eigenvalue weighted by atomic mass is 16.2. The van der Waals surface area contributed by atoms with Crippen LogP contribution in [-0.4, -0.2) is 50.9 Å². The van der Waals surface area contributed by atoms with E-state index in [-0.39, 0.29) is 11.8 Å². The van der Waals surface area contributed by atoms with E-state index < -0.39 is 0 Å². The Morgan fingerprint density at radius 1 is 1.26 bits per heavy atom. The standard InChI is InChI=1S/C23H28N6O2/c1-5-10-28(4)23(31)18-12-29-20(15(18)3)21(24-13-25-29)27-19-11-16(7-6-14(19)2)22(30)26-17-8-9-17/h6-7,11-13,17H,5,8-10H2,1-4H3,(H,26,30)(H,24,25,27). The zero-order valence-corrected chi connectivity index (χ0v) is 18.4. The molecule has 4 rings (SSSR count). The largest absolute Gasteiger partial charge is 0.349 e. The molecule has 0 radical (unpaired) electrons. The van der Waals surface area contributed by atoms with Crippen molar-refractivity contribution < 1.29 is 9.59 Å². The fraction of sp³-hybridized carbons (Fsp3) is 0.391. The number of amides is 2. The van der Waals surface area contributed by atoms with Crippen molar-refractivity contribution in [3.63, 3.8) is 0 Å². The molecular formula is C23H28N6O2. The number of benzene rings is 1. The van der Waals surface area contributed by atoms with E-state index in [1.54, 1.807) is 22.7 Å². The molecule has 2 amide bonds.